The van der Waals surface area contributed by atoms with Crippen molar-refractivity contribution in [3.63, 3.8) is 0 Å². The molecule has 0 spiro atoms. The van der Waals surface area contributed by atoms with Crippen molar-refractivity contribution in [3.05, 3.63) is 64.2 Å². The first-order chi connectivity index (χ1) is 13.1. The number of amides is 1. The van der Waals surface area contributed by atoms with Gasteiger partial charge in [-0.05, 0) is 47.6 Å². The van der Waals surface area contributed by atoms with Crippen LogP contribution in [0.15, 0.2) is 36.4 Å². The smallest absolute Gasteiger partial charge is 0.405 e. The lowest BCUT2D eigenvalue weighted by atomic mass is 9.79. The van der Waals surface area contributed by atoms with Crippen LogP contribution in [0.4, 0.5) is 4.79 Å². The number of carbonyl (C=O) groups excluding carboxylic acids is 1. The number of ketones is 1. The Bertz CT molecular complexity index is 872. The minimum atomic E-state index is -1.24. The Morgan fingerprint density at radius 2 is 1.79 bits per heavy atom. The van der Waals surface area contributed by atoms with E-state index in [1.165, 1.54) is 0 Å². The van der Waals surface area contributed by atoms with Crippen LogP contribution in [0, 0.1) is 13.8 Å². The van der Waals surface area contributed by atoms with Gasteiger partial charge in [-0.1, -0.05) is 51.1 Å². The molecule has 0 aliphatic rings. The maximum atomic E-state index is 13.3. The van der Waals surface area contributed by atoms with E-state index in [9.17, 15) is 14.7 Å². The largest absolute Gasteiger partial charge is 0.540 e. The minimum absolute atomic E-state index is 0.127. The predicted molar refractivity (Wildman–Crippen MR) is 110 cm³/mol. The van der Waals surface area contributed by atoms with Gasteiger partial charge < -0.3 is 14.8 Å². The summed E-state index contributed by atoms with van der Waals surface area (Å²) in [4.78, 5) is 24.6. The number of aryl methyl sites for hydroxylation is 1. The molecule has 3 radical (unpaired) electrons. The molecule has 0 aromatic heterocycles. The van der Waals surface area contributed by atoms with Gasteiger partial charge >= 0.3 is 16.6 Å². The zero-order valence-electron chi connectivity index (χ0n) is 16.9. The summed E-state index contributed by atoms with van der Waals surface area (Å²) in [5.41, 5.74) is 4.03. The quantitative estimate of drug-likeness (QED) is 0.569. The Kier molecular flexibility index (Phi) is 6.67. The van der Waals surface area contributed by atoms with Crippen molar-refractivity contribution in [2.24, 2.45) is 0 Å². The van der Waals surface area contributed by atoms with E-state index in [1.54, 1.807) is 6.07 Å². The number of nitrogens with one attached hydrogen (secondary N) is 1. The molecule has 0 bridgehead atoms. The van der Waals surface area contributed by atoms with E-state index < -0.39 is 12.1 Å². The highest BCUT2D eigenvalue weighted by atomic mass is 28.2. The lowest BCUT2D eigenvalue weighted by Crippen LogP contribution is -2.42. The van der Waals surface area contributed by atoms with Gasteiger partial charge in [-0.3, -0.25) is 4.79 Å². The maximum Gasteiger partial charge on any atom is 0.405 e. The van der Waals surface area contributed by atoms with E-state index >= 15 is 0 Å². The fourth-order valence-electron chi connectivity index (χ4n) is 3.83. The van der Waals surface area contributed by atoms with E-state index in [1.807, 2.05) is 44.2 Å². The molecule has 0 fully saturated rings. The molecule has 5 nitrogen and oxygen atoms in total. The lowest BCUT2D eigenvalue weighted by Gasteiger charge is -2.28. The highest BCUT2D eigenvalue weighted by molar-refractivity contribution is 6.07. The third kappa shape index (κ3) is 4.81. The number of carbonyl (C=O) groups is 2. The fraction of sp³-hybridized carbons (Fsp3) is 0.364. The number of hydrogen-bond donors (Lipinski definition) is 2. The number of Topliss-reactive ketones (excluding diaryl/α,β-unsaturated/α-hetero) is 1. The molecule has 0 saturated heterocycles. The van der Waals surface area contributed by atoms with Gasteiger partial charge in [0.2, 0.25) is 0 Å². The Hall–Kier alpha value is -2.60. The zero-order valence-corrected chi connectivity index (χ0v) is 17.9. The molecule has 1 unspecified atom stereocenters. The van der Waals surface area contributed by atoms with Crippen LogP contribution < -0.4 is 9.74 Å². The second-order valence-electron chi connectivity index (χ2n) is 7.98. The average molecular weight is 397 g/mol. The summed E-state index contributed by atoms with van der Waals surface area (Å²) in [7, 11) is 3.09. The van der Waals surface area contributed by atoms with Gasteiger partial charge in [-0.15, -0.1) is 0 Å². The first kappa shape index (κ1) is 21.7. The fourth-order valence-corrected chi connectivity index (χ4v) is 4.09. The zero-order chi connectivity index (χ0) is 21.1. The van der Waals surface area contributed by atoms with Gasteiger partial charge in [-0.25, -0.2) is 4.79 Å². The third-order valence-corrected chi connectivity index (χ3v) is 4.93. The maximum absolute atomic E-state index is 13.3. The molecule has 0 heterocycles. The molecule has 2 aromatic carbocycles. The molecule has 2 N–H and O–H groups in total. The standard InChI is InChI=1S/C22H26NO4Si/c1-13-11-16(20(27-28)14(2)18(13)22(3,4)5)19(24)17(23-21(25)26)12-15-9-7-6-8-10-15/h6-11,17,23H,12H2,1-5H3,(H,25,26). The molecule has 0 aliphatic carbocycles. The van der Waals surface area contributed by atoms with Gasteiger partial charge in [0.1, 0.15) is 5.75 Å². The van der Waals surface area contributed by atoms with Crippen LogP contribution in [0.3, 0.4) is 0 Å². The van der Waals surface area contributed by atoms with Crippen LogP contribution >= 0.6 is 0 Å². The van der Waals surface area contributed by atoms with Gasteiger partial charge in [0.15, 0.2) is 5.78 Å². The van der Waals surface area contributed by atoms with Crippen molar-refractivity contribution in [2.75, 3.05) is 0 Å². The highest BCUT2D eigenvalue weighted by Gasteiger charge is 2.29. The molecular weight excluding hydrogens is 370 g/mol. The van der Waals surface area contributed by atoms with E-state index in [2.05, 4.69) is 36.6 Å². The van der Waals surface area contributed by atoms with Crippen molar-refractivity contribution >= 4 is 22.4 Å². The summed E-state index contributed by atoms with van der Waals surface area (Å²) in [6.45, 7) is 10.2. The molecule has 2 rings (SSSR count). The topological polar surface area (TPSA) is 75.6 Å². The van der Waals surface area contributed by atoms with Crippen LogP contribution in [0.5, 0.6) is 5.75 Å². The molecular formula is C22H26NO4Si. The predicted octanol–water partition coefficient (Wildman–Crippen LogP) is 4.12. The van der Waals surface area contributed by atoms with Crippen molar-refractivity contribution in [3.8, 4) is 5.75 Å². The number of carboxylic acid groups (broad SMARTS) is 1. The molecule has 147 valence electrons. The van der Waals surface area contributed by atoms with E-state index in [0.717, 1.165) is 22.3 Å². The summed E-state index contributed by atoms with van der Waals surface area (Å²) in [5, 5.41) is 11.6. The van der Waals surface area contributed by atoms with Crippen LogP contribution in [0.1, 0.15) is 53.4 Å². The monoisotopic (exact) mass is 396 g/mol. The third-order valence-electron chi connectivity index (χ3n) is 4.73. The minimum Gasteiger partial charge on any atom is -0.540 e. The summed E-state index contributed by atoms with van der Waals surface area (Å²) < 4.78 is 5.40. The van der Waals surface area contributed by atoms with Crippen molar-refractivity contribution in [1.82, 2.24) is 5.32 Å². The van der Waals surface area contributed by atoms with E-state index in [-0.39, 0.29) is 17.6 Å². The van der Waals surface area contributed by atoms with Gasteiger partial charge in [0.05, 0.1) is 11.6 Å². The Labute approximate surface area is 169 Å². The van der Waals surface area contributed by atoms with Gasteiger partial charge in [0, 0.05) is 6.42 Å². The molecule has 28 heavy (non-hydrogen) atoms. The highest BCUT2D eigenvalue weighted by Crippen LogP contribution is 2.37. The number of rotatable bonds is 6. The molecule has 1 atom stereocenters. The van der Waals surface area contributed by atoms with Crippen LogP contribution in [-0.2, 0) is 11.8 Å². The summed E-state index contributed by atoms with van der Waals surface area (Å²) in [5.74, 6) is 0.0913. The Morgan fingerprint density at radius 1 is 1.18 bits per heavy atom. The van der Waals surface area contributed by atoms with Crippen LogP contribution in [-0.4, -0.2) is 33.5 Å². The Balaban J connectivity index is 2.53. The van der Waals surface area contributed by atoms with Gasteiger partial charge in [0.25, 0.3) is 0 Å². The summed E-state index contributed by atoms with van der Waals surface area (Å²) >= 11 is 0. The SMILES string of the molecule is Cc1cc(C(=O)C(Cc2ccccc2)NC(=O)O)c(O[Si])c(C)c1C(C)(C)C. The average Bonchev–Trinajstić information content (AvgIpc) is 2.59. The first-order valence-corrected chi connectivity index (χ1v) is 9.53. The lowest BCUT2D eigenvalue weighted by molar-refractivity contribution is 0.0934. The van der Waals surface area contributed by atoms with E-state index in [0.29, 0.717) is 11.3 Å². The molecule has 0 saturated carbocycles. The van der Waals surface area contributed by atoms with E-state index in [4.69, 9.17) is 4.43 Å². The molecule has 6 heteroatoms. The second-order valence-corrected chi connectivity index (χ2v) is 8.18. The molecule has 0 aliphatic heterocycles. The molecule has 1 amide bonds. The van der Waals surface area contributed by atoms with Gasteiger partial charge in [-0.2, -0.15) is 0 Å². The van der Waals surface area contributed by atoms with Crippen molar-refractivity contribution in [2.45, 2.75) is 52.5 Å². The van der Waals surface area contributed by atoms with Crippen molar-refractivity contribution < 1.29 is 19.1 Å². The van der Waals surface area contributed by atoms with Crippen LogP contribution in [0.25, 0.3) is 0 Å². The number of hydrogen-bond acceptors (Lipinski definition) is 3. The summed E-state index contributed by atoms with van der Waals surface area (Å²) in [6.07, 6.45) is -0.985. The molecule has 2 aromatic rings. The van der Waals surface area contributed by atoms with Crippen LogP contribution in [0.2, 0.25) is 0 Å². The summed E-state index contributed by atoms with van der Waals surface area (Å²) in [6, 6.07) is 10.2. The second kappa shape index (κ2) is 8.60. The Morgan fingerprint density at radius 3 is 2.29 bits per heavy atom. The normalized spacial score (nSPS) is 12.4. The first-order valence-electron chi connectivity index (χ1n) is 9.12. The van der Waals surface area contributed by atoms with Crippen molar-refractivity contribution in [1.29, 1.82) is 0 Å². The number of benzene rings is 2.